The van der Waals surface area contributed by atoms with Gasteiger partial charge >= 0.3 is 0 Å². The van der Waals surface area contributed by atoms with E-state index in [1.165, 1.54) is 10.7 Å². The van der Waals surface area contributed by atoms with Gasteiger partial charge in [-0.1, -0.05) is 18.2 Å². The Labute approximate surface area is 157 Å². The normalized spacial score (nSPS) is 26.5. The van der Waals surface area contributed by atoms with Crippen LogP contribution < -0.4 is 5.56 Å². The third-order valence-electron chi connectivity index (χ3n) is 5.58. The summed E-state index contributed by atoms with van der Waals surface area (Å²) >= 11 is 0. The highest BCUT2D eigenvalue weighted by molar-refractivity contribution is 7.92. The van der Waals surface area contributed by atoms with E-state index in [-0.39, 0.29) is 41.4 Å². The fraction of sp³-hybridized carbons (Fsp3) is 0.444. The maximum Gasteiger partial charge on any atom is 0.272 e. The van der Waals surface area contributed by atoms with Crippen molar-refractivity contribution in [3.8, 4) is 5.69 Å². The smallest absolute Gasteiger partial charge is 0.272 e. The van der Waals surface area contributed by atoms with Crippen molar-refractivity contribution in [2.45, 2.75) is 11.3 Å². The summed E-state index contributed by atoms with van der Waals surface area (Å²) in [7, 11) is 0.506. The highest BCUT2D eigenvalue weighted by Gasteiger charge is 2.53. The van der Waals surface area contributed by atoms with Gasteiger partial charge in [0.05, 0.1) is 16.7 Å². The zero-order chi connectivity index (χ0) is 19.3. The molecule has 144 valence electrons. The number of amides is 1. The van der Waals surface area contributed by atoms with Gasteiger partial charge in [0.1, 0.15) is 5.69 Å². The van der Waals surface area contributed by atoms with Crippen LogP contribution in [-0.2, 0) is 9.84 Å². The fourth-order valence-electron chi connectivity index (χ4n) is 4.18. The maximum absolute atomic E-state index is 12.9. The Bertz CT molecular complexity index is 1030. The molecule has 2 saturated heterocycles. The number of hydrogen-bond acceptors (Lipinski definition) is 5. The molecule has 8 nitrogen and oxygen atoms in total. The van der Waals surface area contributed by atoms with E-state index in [2.05, 4.69) is 5.10 Å². The molecule has 0 radical (unpaired) electrons. The first-order valence-electron chi connectivity index (χ1n) is 8.82. The van der Waals surface area contributed by atoms with Gasteiger partial charge in [-0.25, -0.2) is 13.1 Å². The number of carbonyl (C=O) groups excluding carboxylic acids is 1. The number of para-hydroxylation sites is 1. The third kappa shape index (κ3) is 3.00. The highest BCUT2D eigenvalue weighted by atomic mass is 32.2. The number of aromatic nitrogens is 2. The van der Waals surface area contributed by atoms with Crippen LogP contribution in [0.5, 0.6) is 0 Å². The Balaban J connectivity index is 1.60. The van der Waals surface area contributed by atoms with Gasteiger partial charge in [0.2, 0.25) is 0 Å². The van der Waals surface area contributed by atoms with Crippen molar-refractivity contribution in [1.82, 2.24) is 19.6 Å². The molecular formula is C18H22N4O4S. The molecule has 1 aromatic carbocycles. The molecule has 4 rings (SSSR count). The molecule has 2 aliphatic heterocycles. The highest BCUT2D eigenvalue weighted by Crippen LogP contribution is 2.36. The largest absolute Gasteiger partial charge is 0.336 e. The maximum atomic E-state index is 12.9. The van der Waals surface area contributed by atoms with Gasteiger partial charge in [0.15, 0.2) is 9.84 Å². The molecule has 0 bridgehead atoms. The summed E-state index contributed by atoms with van der Waals surface area (Å²) < 4.78 is 26.3. The number of benzene rings is 1. The second-order valence-corrected chi connectivity index (χ2v) is 9.72. The lowest BCUT2D eigenvalue weighted by atomic mass is 10.00. The van der Waals surface area contributed by atoms with Crippen molar-refractivity contribution < 1.29 is 13.2 Å². The zero-order valence-corrected chi connectivity index (χ0v) is 16.0. The predicted molar refractivity (Wildman–Crippen MR) is 101 cm³/mol. The van der Waals surface area contributed by atoms with E-state index in [1.54, 1.807) is 29.2 Å². The van der Waals surface area contributed by atoms with Crippen LogP contribution in [0.15, 0.2) is 41.2 Å². The van der Waals surface area contributed by atoms with Gasteiger partial charge in [-0.15, -0.1) is 0 Å². The summed E-state index contributed by atoms with van der Waals surface area (Å²) in [5, 5.41) is 2.32. The van der Waals surface area contributed by atoms with Crippen molar-refractivity contribution in [3.63, 3.8) is 0 Å². The van der Waals surface area contributed by atoms with Crippen LogP contribution in [0.4, 0.5) is 0 Å². The van der Waals surface area contributed by atoms with Crippen molar-refractivity contribution in [3.05, 3.63) is 52.4 Å². The standard InChI is InChI=1S/C18H22N4O4S/c1-20(2)15-11-27(25,26)16-10-21(9-13(15)16)18(24)14-8-17(23)22(19-14)12-6-4-3-5-7-12/h3-8,13,15-16,19H,9-11H2,1-2H3/t13-,15-,16-/m0/s1. The molecule has 1 amide bonds. The number of fused-ring (bicyclic) bond motifs is 1. The first-order chi connectivity index (χ1) is 12.8. The SMILES string of the molecule is CN(C)[C@H]1CS(=O)(=O)[C@H]2CN(C(=O)c3cc(=O)n(-c4ccccc4)[nH]3)C[C@@H]12. The van der Waals surface area contributed by atoms with Gasteiger partial charge in [-0.2, -0.15) is 0 Å². The minimum Gasteiger partial charge on any atom is -0.336 e. The Morgan fingerprint density at radius 2 is 1.89 bits per heavy atom. The number of carbonyl (C=O) groups is 1. The van der Waals surface area contributed by atoms with Crippen LogP contribution in [0.3, 0.4) is 0 Å². The monoisotopic (exact) mass is 390 g/mol. The molecule has 27 heavy (non-hydrogen) atoms. The van der Waals surface area contributed by atoms with E-state index in [0.717, 1.165) is 0 Å². The van der Waals surface area contributed by atoms with Gasteiger partial charge < -0.3 is 9.80 Å². The molecule has 2 aliphatic rings. The molecule has 3 atom stereocenters. The molecule has 9 heteroatoms. The number of nitrogens with one attached hydrogen (secondary N) is 1. The fourth-order valence-corrected chi connectivity index (χ4v) is 6.65. The first-order valence-corrected chi connectivity index (χ1v) is 10.5. The van der Waals surface area contributed by atoms with Crippen molar-refractivity contribution in [2.75, 3.05) is 32.9 Å². The van der Waals surface area contributed by atoms with E-state index in [1.807, 2.05) is 25.1 Å². The van der Waals surface area contributed by atoms with Crippen LogP contribution in [0.1, 0.15) is 10.5 Å². The van der Waals surface area contributed by atoms with Gasteiger partial charge in [-0.3, -0.25) is 14.7 Å². The van der Waals surface area contributed by atoms with Crippen LogP contribution in [-0.4, -0.2) is 78.1 Å². The first kappa shape index (κ1) is 18.0. The summed E-state index contributed by atoms with van der Waals surface area (Å²) in [6.07, 6.45) is 0. The number of likely N-dealkylation sites (tertiary alicyclic amines) is 1. The number of nitrogens with zero attached hydrogens (tertiary/aromatic N) is 3. The molecule has 0 saturated carbocycles. The zero-order valence-electron chi connectivity index (χ0n) is 15.2. The topological polar surface area (TPSA) is 95.5 Å². The van der Waals surface area contributed by atoms with Gasteiger partial charge in [-0.05, 0) is 26.2 Å². The molecular weight excluding hydrogens is 368 g/mol. The lowest BCUT2D eigenvalue weighted by Gasteiger charge is -2.24. The predicted octanol–water partition coefficient (Wildman–Crippen LogP) is -0.0352. The molecule has 2 fully saturated rings. The number of aromatic amines is 1. The van der Waals surface area contributed by atoms with E-state index >= 15 is 0 Å². The van der Waals surface area contributed by atoms with Gasteiger partial charge in [0.25, 0.3) is 11.5 Å². The van der Waals surface area contributed by atoms with Crippen molar-refractivity contribution >= 4 is 15.7 Å². The van der Waals surface area contributed by atoms with Crippen LogP contribution in [0.25, 0.3) is 5.69 Å². The molecule has 1 N–H and O–H groups in total. The molecule has 0 aliphatic carbocycles. The Kier molecular flexibility index (Phi) is 4.23. The second kappa shape index (κ2) is 6.35. The quantitative estimate of drug-likeness (QED) is 0.794. The van der Waals surface area contributed by atoms with Crippen LogP contribution in [0.2, 0.25) is 0 Å². The number of hydrogen-bond donors (Lipinski definition) is 1. The molecule has 3 heterocycles. The number of H-pyrrole nitrogens is 1. The summed E-state index contributed by atoms with van der Waals surface area (Å²) in [5.41, 5.74) is 0.473. The molecule has 1 aromatic heterocycles. The number of sulfone groups is 1. The average Bonchev–Trinajstić information content (AvgIpc) is 3.29. The van der Waals surface area contributed by atoms with E-state index < -0.39 is 15.1 Å². The summed E-state index contributed by atoms with van der Waals surface area (Å²) in [6, 6.07) is 10.2. The Hall–Kier alpha value is -2.39. The Morgan fingerprint density at radius 3 is 2.56 bits per heavy atom. The Morgan fingerprint density at radius 1 is 1.19 bits per heavy atom. The summed E-state index contributed by atoms with van der Waals surface area (Å²) in [5.74, 6) is -0.306. The van der Waals surface area contributed by atoms with Crippen LogP contribution >= 0.6 is 0 Å². The molecule has 2 aromatic rings. The van der Waals surface area contributed by atoms with Gasteiger partial charge in [0, 0.05) is 31.1 Å². The van der Waals surface area contributed by atoms with Crippen LogP contribution in [0, 0.1) is 5.92 Å². The van der Waals surface area contributed by atoms with E-state index in [0.29, 0.717) is 12.2 Å². The second-order valence-electron chi connectivity index (χ2n) is 7.45. The molecule has 0 unspecified atom stereocenters. The summed E-state index contributed by atoms with van der Waals surface area (Å²) in [6.45, 7) is 0.554. The molecule has 0 spiro atoms. The lowest BCUT2D eigenvalue weighted by molar-refractivity contribution is 0.0773. The van der Waals surface area contributed by atoms with E-state index in [4.69, 9.17) is 0 Å². The average molecular weight is 390 g/mol. The minimum atomic E-state index is -3.23. The van der Waals surface area contributed by atoms with Crippen molar-refractivity contribution in [1.29, 1.82) is 0 Å². The summed E-state index contributed by atoms with van der Waals surface area (Å²) in [4.78, 5) is 28.6. The minimum absolute atomic E-state index is 0.0919. The van der Waals surface area contributed by atoms with E-state index in [9.17, 15) is 18.0 Å². The number of rotatable bonds is 3. The third-order valence-corrected chi connectivity index (χ3v) is 7.81. The van der Waals surface area contributed by atoms with Crippen molar-refractivity contribution in [2.24, 2.45) is 5.92 Å². The lowest BCUT2D eigenvalue weighted by Crippen LogP contribution is -2.38.